The van der Waals surface area contributed by atoms with Gasteiger partial charge in [-0.1, -0.05) is 25.1 Å². The molecule has 0 bridgehead atoms. The molecular weight excluding hydrogens is 383 g/mol. The molecule has 1 N–H and O–H groups in total. The third-order valence-electron chi connectivity index (χ3n) is 3.93. The Hall–Kier alpha value is -0.940. The number of nitrogens with zero attached hydrogens (tertiary/aromatic N) is 1. The Kier molecular flexibility index (Phi) is 6.38. The van der Waals surface area contributed by atoms with E-state index in [1.807, 2.05) is 6.20 Å². The van der Waals surface area contributed by atoms with Crippen molar-refractivity contribution in [1.82, 2.24) is 10.3 Å². The monoisotopic (exact) mass is 408 g/mol. The molecule has 2 aromatic rings. The van der Waals surface area contributed by atoms with Gasteiger partial charge in [0.1, 0.15) is 0 Å². The smallest absolute Gasteiger partial charge is 0.0715 e. The Morgan fingerprint density at radius 2 is 2.18 bits per heavy atom. The zero-order valence-electron chi connectivity index (χ0n) is 13.7. The van der Waals surface area contributed by atoms with Crippen molar-refractivity contribution in [1.29, 1.82) is 0 Å². The molecule has 0 saturated carbocycles. The first-order valence-electron chi connectivity index (χ1n) is 7.95. The van der Waals surface area contributed by atoms with E-state index in [-0.39, 0.29) is 0 Å². The first-order chi connectivity index (χ1) is 10.5. The number of fused-ring (bicyclic) bond motifs is 1. The number of aromatic nitrogens is 1. The van der Waals surface area contributed by atoms with Crippen molar-refractivity contribution >= 4 is 33.5 Å². The van der Waals surface area contributed by atoms with Crippen LogP contribution in [0.5, 0.6) is 0 Å². The molecule has 0 aliphatic carbocycles. The Balaban J connectivity index is 2.20. The van der Waals surface area contributed by atoms with Gasteiger partial charge in [-0.2, -0.15) is 0 Å². The van der Waals surface area contributed by atoms with Crippen LogP contribution in [0.2, 0.25) is 0 Å². The van der Waals surface area contributed by atoms with Crippen molar-refractivity contribution in [2.45, 2.75) is 46.1 Å². The fourth-order valence-corrected chi connectivity index (χ4v) is 3.62. The maximum Gasteiger partial charge on any atom is 0.0715 e. The summed E-state index contributed by atoms with van der Waals surface area (Å²) in [6.07, 6.45) is 5.11. The van der Waals surface area contributed by atoms with E-state index in [2.05, 4.69) is 78.4 Å². The minimum absolute atomic E-state index is 0.486. The van der Waals surface area contributed by atoms with E-state index < -0.39 is 0 Å². The van der Waals surface area contributed by atoms with Gasteiger partial charge in [0, 0.05) is 21.2 Å². The molecule has 0 unspecified atom stereocenters. The lowest BCUT2D eigenvalue weighted by atomic mass is 9.95. The zero-order chi connectivity index (χ0) is 16.1. The van der Waals surface area contributed by atoms with E-state index >= 15 is 0 Å². The van der Waals surface area contributed by atoms with Crippen LogP contribution in [0.25, 0.3) is 10.9 Å². The van der Waals surface area contributed by atoms with E-state index in [0.717, 1.165) is 24.9 Å². The summed E-state index contributed by atoms with van der Waals surface area (Å²) in [7, 11) is 0. The van der Waals surface area contributed by atoms with Gasteiger partial charge in [-0.05, 0) is 85.5 Å². The molecule has 0 fully saturated rings. The highest BCUT2D eigenvalue weighted by Gasteiger charge is 2.11. The van der Waals surface area contributed by atoms with Gasteiger partial charge in [-0.15, -0.1) is 0 Å². The summed E-state index contributed by atoms with van der Waals surface area (Å²) >= 11 is 2.41. The predicted molar refractivity (Wildman–Crippen MR) is 104 cm³/mol. The summed E-state index contributed by atoms with van der Waals surface area (Å²) < 4.78 is 1.27. The molecule has 1 aromatic heterocycles. The second-order valence-corrected chi connectivity index (χ2v) is 7.20. The molecular formula is C19H25IN2. The Bertz CT molecular complexity index is 664. The summed E-state index contributed by atoms with van der Waals surface area (Å²) in [4.78, 5) is 4.56. The number of hydrogen-bond acceptors (Lipinski definition) is 2. The third kappa shape index (κ3) is 4.29. The number of halogens is 1. The van der Waals surface area contributed by atoms with Gasteiger partial charge in [0.05, 0.1) is 5.52 Å². The summed E-state index contributed by atoms with van der Waals surface area (Å²) in [6.45, 7) is 12.0. The van der Waals surface area contributed by atoms with E-state index in [0.29, 0.717) is 6.04 Å². The van der Waals surface area contributed by atoms with Crippen LogP contribution < -0.4 is 5.32 Å². The quantitative estimate of drug-likeness (QED) is 0.514. The molecule has 0 amide bonds. The topological polar surface area (TPSA) is 24.9 Å². The van der Waals surface area contributed by atoms with Gasteiger partial charge in [-0.3, -0.25) is 4.98 Å². The highest BCUT2D eigenvalue weighted by Crippen LogP contribution is 2.27. The van der Waals surface area contributed by atoms with Crippen LogP contribution in [0.15, 0.2) is 36.5 Å². The number of nitrogens with one attached hydrogen (secondary N) is 1. The van der Waals surface area contributed by atoms with Gasteiger partial charge in [0.2, 0.25) is 0 Å². The van der Waals surface area contributed by atoms with Crippen LogP contribution in [0.3, 0.4) is 0 Å². The number of hydrogen-bond donors (Lipinski definition) is 1. The number of aryl methyl sites for hydroxylation is 1. The lowest BCUT2D eigenvalue weighted by molar-refractivity contribution is 0.539. The average molecular weight is 408 g/mol. The minimum atomic E-state index is 0.486. The Morgan fingerprint density at radius 3 is 2.91 bits per heavy atom. The Labute approximate surface area is 147 Å². The van der Waals surface area contributed by atoms with Gasteiger partial charge >= 0.3 is 0 Å². The van der Waals surface area contributed by atoms with E-state index in [1.165, 1.54) is 32.1 Å². The molecule has 0 spiro atoms. The maximum absolute atomic E-state index is 4.56. The summed E-state index contributed by atoms with van der Waals surface area (Å²) in [5.41, 5.74) is 5.00. The van der Waals surface area contributed by atoms with Crippen LogP contribution in [-0.4, -0.2) is 17.6 Å². The minimum Gasteiger partial charge on any atom is -0.314 e. The fraction of sp³-hybridized carbons (Fsp3) is 0.421. The number of benzene rings is 1. The molecule has 2 rings (SSSR count). The molecule has 0 saturated heterocycles. The van der Waals surface area contributed by atoms with Crippen molar-refractivity contribution in [2.24, 2.45) is 0 Å². The predicted octanol–water partition coefficient (Wildman–Crippen LogP) is 5.02. The molecule has 1 heterocycles. The van der Waals surface area contributed by atoms with Gasteiger partial charge in [0.25, 0.3) is 0 Å². The lowest BCUT2D eigenvalue weighted by Crippen LogP contribution is -2.27. The highest BCUT2D eigenvalue weighted by molar-refractivity contribution is 14.1. The molecule has 0 aliphatic rings. The van der Waals surface area contributed by atoms with Crippen LogP contribution in [0, 0.1) is 10.5 Å². The zero-order valence-corrected chi connectivity index (χ0v) is 15.9. The van der Waals surface area contributed by atoms with E-state index in [4.69, 9.17) is 0 Å². The van der Waals surface area contributed by atoms with E-state index in [9.17, 15) is 0 Å². The van der Waals surface area contributed by atoms with Crippen molar-refractivity contribution in [3.8, 4) is 0 Å². The van der Waals surface area contributed by atoms with Crippen LogP contribution >= 0.6 is 22.6 Å². The number of rotatable bonds is 7. The lowest BCUT2D eigenvalue weighted by Gasteiger charge is -2.17. The number of pyridine rings is 1. The normalized spacial score (nSPS) is 12.5. The van der Waals surface area contributed by atoms with Crippen molar-refractivity contribution in [3.05, 3.63) is 51.2 Å². The van der Waals surface area contributed by atoms with Gasteiger partial charge in [-0.25, -0.2) is 0 Å². The van der Waals surface area contributed by atoms with Crippen molar-refractivity contribution in [2.75, 3.05) is 6.54 Å². The third-order valence-corrected chi connectivity index (χ3v) is 4.83. The standard InChI is InChI=1S/C19H25IN2/c1-5-9-21-15(4)10-13(2)11-16-14(3)12-22-18-8-6-7-17(20)19(16)18/h6-8,12,15,21H,2,5,9-11H2,1,3-4H3/t15-/m1/s1. The molecule has 22 heavy (non-hydrogen) atoms. The second-order valence-electron chi connectivity index (χ2n) is 6.04. The molecule has 1 atom stereocenters. The Morgan fingerprint density at radius 1 is 1.41 bits per heavy atom. The van der Waals surface area contributed by atoms with Crippen molar-refractivity contribution < 1.29 is 0 Å². The largest absolute Gasteiger partial charge is 0.314 e. The molecule has 3 heteroatoms. The molecule has 0 radical (unpaired) electrons. The molecule has 1 aromatic carbocycles. The maximum atomic E-state index is 4.56. The van der Waals surface area contributed by atoms with Crippen LogP contribution in [-0.2, 0) is 6.42 Å². The first-order valence-corrected chi connectivity index (χ1v) is 9.03. The highest BCUT2D eigenvalue weighted by atomic mass is 127. The summed E-state index contributed by atoms with van der Waals surface area (Å²) in [5.74, 6) is 0. The van der Waals surface area contributed by atoms with Crippen LogP contribution in [0.1, 0.15) is 37.8 Å². The summed E-state index contributed by atoms with van der Waals surface area (Å²) in [5, 5.41) is 4.83. The van der Waals surface area contributed by atoms with E-state index in [1.54, 1.807) is 0 Å². The van der Waals surface area contributed by atoms with Gasteiger partial charge in [0.15, 0.2) is 0 Å². The summed E-state index contributed by atoms with van der Waals surface area (Å²) in [6, 6.07) is 6.80. The van der Waals surface area contributed by atoms with Gasteiger partial charge < -0.3 is 5.32 Å². The second kappa shape index (κ2) is 8.06. The molecule has 118 valence electrons. The van der Waals surface area contributed by atoms with Crippen molar-refractivity contribution in [3.63, 3.8) is 0 Å². The average Bonchev–Trinajstić information content (AvgIpc) is 2.48. The first kappa shape index (κ1) is 17.4. The molecule has 2 nitrogen and oxygen atoms in total. The van der Waals surface area contributed by atoms with Crippen LogP contribution in [0.4, 0.5) is 0 Å². The SMILES string of the molecule is C=C(Cc1c(C)cnc2cccc(I)c12)C[C@@H](C)NCCC. The molecule has 0 aliphatic heterocycles. The fourth-order valence-electron chi connectivity index (χ4n) is 2.81.